The number of nitrogens with one attached hydrogen (secondary N) is 1. The van der Waals surface area contributed by atoms with Gasteiger partial charge < -0.3 is 5.32 Å². The second-order valence-corrected chi connectivity index (χ2v) is 5.68. The molecule has 1 atom stereocenters. The van der Waals surface area contributed by atoms with E-state index in [-0.39, 0.29) is 0 Å². The van der Waals surface area contributed by atoms with Crippen LogP contribution in [0.3, 0.4) is 0 Å². The van der Waals surface area contributed by atoms with Gasteiger partial charge in [0.25, 0.3) is 0 Å². The van der Waals surface area contributed by atoms with Gasteiger partial charge in [0.15, 0.2) is 0 Å². The quantitative estimate of drug-likeness (QED) is 0.808. The molecule has 96 valence electrons. The molecule has 1 heteroatoms. The average Bonchev–Trinajstić information content (AvgIpc) is 2.26. The molecule has 17 heavy (non-hydrogen) atoms. The van der Waals surface area contributed by atoms with Crippen molar-refractivity contribution in [1.82, 2.24) is 5.32 Å². The van der Waals surface area contributed by atoms with E-state index in [2.05, 4.69) is 58.1 Å². The first-order valence-electron chi connectivity index (χ1n) is 6.72. The Morgan fingerprint density at radius 1 is 1.12 bits per heavy atom. The largest absolute Gasteiger partial charge is 0.319 e. The monoisotopic (exact) mass is 233 g/mol. The third-order valence-corrected chi connectivity index (χ3v) is 3.60. The molecule has 0 radical (unpaired) electrons. The molecular weight excluding hydrogens is 206 g/mol. The summed E-state index contributed by atoms with van der Waals surface area (Å²) in [4.78, 5) is 0. The fourth-order valence-electron chi connectivity index (χ4n) is 2.34. The first kappa shape index (κ1) is 14.2. The highest BCUT2D eigenvalue weighted by Crippen LogP contribution is 2.29. The molecule has 0 aromatic heterocycles. The van der Waals surface area contributed by atoms with Crippen LogP contribution in [0, 0.1) is 12.8 Å². The molecule has 0 bridgehead atoms. The zero-order chi connectivity index (χ0) is 13.0. The molecule has 0 fully saturated rings. The maximum absolute atomic E-state index is 3.32. The number of rotatable bonds is 5. The SMILES string of the molecule is CNCC(c1cc(C(C)C)ccc1C)C(C)C. The molecule has 1 unspecified atom stereocenters. The molecule has 0 aliphatic heterocycles. The van der Waals surface area contributed by atoms with Gasteiger partial charge in [-0.2, -0.15) is 0 Å². The molecule has 0 aliphatic rings. The highest BCUT2D eigenvalue weighted by Gasteiger charge is 2.17. The summed E-state index contributed by atoms with van der Waals surface area (Å²) >= 11 is 0. The molecular formula is C16H27N. The van der Waals surface area contributed by atoms with E-state index in [0.717, 1.165) is 6.54 Å². The number of benzene rings is 1. The minimum Gasteiger partial charge on any atom is -0.319 e. The van der Waals surface area contributed by atoms with E-state index in [1.165, 1.54) is 16.7 Å². The summed E-state index contributed by atoms with van der Waals surface area (Å²) in [5.41, 5.74) is 4.39. The van der Waals surface area contributed by atoms with Crippen LogP contribution >= 0.6 is 0 Å². The Labute approximate surface area is 107 Å². The Morgan fingerprint density at radius 3 is 2.24 bits per heavy atom. The standard InChI is InChI=1S/C16H27N/c1-11(2)14-8-7-13(5)15(9-14)16(10-17-6)12(3)4/h7-9,11-12,16-17H,10H2,1-6H3. The van der Waals surface area contributed by atoms with E-state index in [1.807, 2.05) is 7.05 Å². The highest BCUT2D eigenvalue weighted by atomic mass is 14.8. The summed E-state index contributed by atoms with van der Waals surface area (Å²) in [6, 6.07) is 6.94. The van der Waals surface area contributed by atoms with Crippen molar-refractivity contribution in [1.29, 1.82) is 0 Å². The lowest BCUT2D eigenvalue weighted by Gasteiger charge is -2.24. The molecule has 1 N–H and O–H groups in total. The first-order chi connectivity index (χ1) is 7.97. The van der Waals surface area contributed by atoms with Crippen molar-refractivity contribution in [3.05, 3.63) is 34.9 Å². The number of aryl methyl sites for hydroxylation is 1. The van der Waals surface area contributed by atoms with E-state index < -0.39 is 0 Å². The Hall–Kier alpha value is -0.820. The third-order valence-electron chi connectivity index (χ3n) is 3.60. The maximum Gasteiger partial charge on any atom is 0.00197 e. The Kier molecular flexibility index (Phi) is 5.20. The summed E-state index contributed by atoms with van der Waals surface area (Å²) in [6.45, 7) is 12.4. The van der Waals surface area contributed by atoms with E-state index in [9.17, 15) is 0 Å². The first-order valence-corrected chi connectivity index (χ1v) is 6.72. The Bertz CT molecular complexity index is 353. The van der Waals surface area contributed by atoms with E-state index in [0.29, 0.717) is 17.8 Å². The van der Waals surface area contributed by atoms with Crippen LogP contribution in [-0.4, -0.2) is 13.6 Å². The van der Waals surface area contributed by atoms with Crippen LogP contribution in [0.4, 0.5) is 0 Å². The van der Waals surface area contributed by atoms with Gasteiger partial charge >= 0.3 is 0 Å². The van der Waals surface area contributed by atoms with Crippen molar-refractivity contribution in [2.75, 3.05) is 13.6 Å². The molecule has 1 aromatic carbocycles. The minimum absolute atomic E-state index is 0.608. The second kappa shape index (κ2) is 6.20. The number of likely N-dealkylation sites (N-methyl/N-ethyl adjacent to an activating group) is 1. The summed E-state index contributed by atoms with van der Waals surface area (Å²) in [5.74, 6) is 1.89. The van der Waals surface area contributed by atoms with Gasteiger partial charge in [0.05, 0.1) is 0 Å². The molecule has 0 saturated heterocycles. The third kappa shape index (κ3) is 3.57. The topological polar surface area (TPSA) is 12.0 Å². The van der Waals surface area contributed by atoms with E-state index in [4.69, 9.17) is 0 Å². The van der Waals surface area contributed by atoms with Crippen LogP contribution in [0.25, 0.3) is 0 Å². The zero-order valence-electron chi connectivity index (χ0n) is 12.2. The fraction of sp³-hybridized carbons (Fsp3) is 0.625. The zero-order valence-corrected chi connectivity index (χ0v) is 12.2. The van der Waals surface area contributed by atoms with E-state index in [1.54, 1.807) is 0 Å². The van der Waals surface area contributed by atoms with Crippen LogP contribution in [-0.2, 0) is 0 Å². The molecule has 0 spiro atoms. The van der Waals surface area contributed by atoms with Crippen molar-refractivity contribution in [2.45, 2.75) is 46.5 Å². The van der Waals surface area contributed by atoms with Gasteiger partial charge in [0.2, 0.25) is 0 Å². The Morgan fingerprint density at radius 2 is 1.76 bits per heavy atom. The molecule has 0 saturated carbocycles. The van der Waals surface area contributed by atoms with Gasteiger partial charge in [-0.15, -0.1) is 0 Å². The predicted molar refractivity (Wildman–Crippen MR) is 76.8 cm³/mol. The van der Waals surface area contributed by atoms with Gasteiger partial charge in [-0.25, -0.2) is 0 Å². The predicted octanol–water partition coefficient (Wildman–Crippen LogP) is 4.08. The van der Waals surface area contributed by atoms with Crippen LogP contribution in [0.15, 0.2) is 18.2 Å². The summed E-state index contributed by atoms with van der Waals surface area (Å²) in [7, 11) is 2.04. The summed E-state index contributed by atoms with van der Waals surface area (Å²) < 4.78 is 0. The lowest BCUT2D eigenvalue weighted by Crippen LogP contribution is -2.22. The van der Waals surface area contributed by atoms with Crippen molar-refractivity contribution >= 4 is 0 Å². The minimum atomic E-state index is 0.608. The van der Waals surface area contributed by atoms with Crippen LogP contribution in [0.1, 0.15) is 56.2 Å². The molecule has 1 aromatic rings. The smallest absolute Gasteiger partial charge is 0.00197 e. The fourth-order valence-corrected chi connectivity index (χ4v) is 2.34. The van der Waals surface area contributed by atoms with Gasteiger partial charge in [0, 0.05) is 6.54 Å². The highest BCUT2D eigenvalue weighted by molar-refractivity contribution is 5.35. The average molecular weight is 233 g/mol. The molecule has 0 heterocycles. The van der Waals surface area contributed by atoms with Crippen LogP contribution in [0.5, 0.6) is 0 Å². The normalized spacial score (nSPS) is 13.4. The molecule has 1 rings (SSSR count). The van der Waals surface area contributed by atoms with Crippen molar-refractivity contribution < 1.29 is 0 Å². The second-order valence-electron chi connectivity index (χ2n) is 5.68. The van der Waals surface area contributed by atoms with Gasteiger partial charge in [-0.05, 0) is 48.4 Å². The summed E-state index contributed by atoms with van der Waals surface area (Å²) in [6.07, 6.45) is 0. The lowest BCUT2D eigenvalue weighted by atomic mass is 9.84. The summed E-state index contributed by atoms with van der Waals surface area (Å²) in [5, 5.41) is 3.32. The maximum atomic E-state index is 3.32. The lowest BCUT2D eigenvalue weighted by molar-refractivity contribution is 0.476. The van der Waals surface area contributed by atoms with Crippen molar-refractivity contribution in [3.63, 3.8) is 0 Å². The Balaban J connectivity index is 3.12. The van der Waals surface area contributed by atoms with E-state index >= 15 is 0 Å². The number of hydrogen-bond acceptors (Lipinski definition) is 1. The van der Waals surface area contributed by atoms with Crippen LogP contribution < -0.4 is 5.32 Å². The molecule has 0 amide bonds. The van der Waals surface area contributed by atoms with Crippen molar-refractivity contribution in [3.8, 4) is 0 Å². The molecule has 1 nitrogen and oxygen atoms in total. The van der Waals surface area contributed by atoms with Gasteiger partial charge in [0.1, 0.15) is 0 Å². The van der Waals surface area contributed by atoms with Crippen molar-refractivity contribution in [2.24, 2.45) is 5.92 Å². The number of hydrogen-bond donors (Lipinski definition) is 1. The van der Waals surface area contributed by atoms with Crippen LogP contribution in [0.2, 0.25) is 0 Å². The van der Waals surface area contributed by atoms with Gasteiger partial charge in [-0.3, -0.25) is 0 Å². The molecule has 0 aliphatic carbocycles. The van der Waals surface area contributed by atoms with Gasteiger partial charge in [-0.1, -0.05) is 45.9 Å².